The quantitative estimate of drug-likeness (QED) is 0.695. The molecular weight excluding hydrogens is 318 g/mol. The minimum Gasteiger partial charge on any atom is -0.326 e. The van der Waals surface area contributed by atoms with Crippen molar-refractivity contribution in [2.75, 3.05) is 5.32 Å². The Morgan fingerprint density at radius 2 is 1.62 bits per heavy atom. The molecule has 0 aromatic heterocycles. The zero-order valence-corrected chi connectivity index (χ0v) is 16.7. The SMILES string of the molecule is CC(=O)Nc1ccccc1C1=C(c2ccc(C(C)(C)C)cc2)C(C)(C)C1. The van der Waals surface area contributed by atoms with Crippen molar-refractivity contribution in [3.8, 4) is 0 Å². The van der Waals surface area contributed by atoms with Crippen LogP contribution >= 0.6 is 0 Å². The molecular formula is C24H29NO. The number of hydrogen-bond donors (Lipinski definition) is 1. The van der Waals surface area contributed by atoms with Crippen molar-refractivity contribution in [2.45, 2.75) is 53.4 Å². The van der Waals surface area contributed by atoms with Crippen molar-refractivity contribution in [1.29, 1.82) is 0 Å². The Morgan fingerprint density at radius 1 is 1.00 bits per heavy atom. The molecule has 0 radical (unpaired) electrons. The standard InChI is InChI=1S/C24H29NO/c1-16(26)25-21-10-8-7-9-19(21)20-15-24(5,6)22(20)17-11-13-18(14-12-17)23(2,3)4/h7-14H,15H2,1-6H3,(H,25,26). The van der Waals surface area contributed by atoms with Gasteiger partial charge in [-0.3, -0.25) is 4.79 Å². The highest BCUT2D eigenvalue weighted by Crippen LogP contribution is 2.56. The summed E-state index contributed by atoms with van der Waals surface area (Å²) in [6, 6.07) is 17.1. The van der Waals surface area contributed by atoms with Crippen molar-refractivity contribution in [3.05, 3.63) is 65.2 Å². The largest absolute Gasteiger partial charge is 0.326 e. The van der Waals surface area contributed by atoms with Crippen molar-refractivity contribution >= 4 is 22.7 Å². The van der Waals surface area contributed by atoms with Crippen molar-refractivity contribution in [1.82, 2.24) is 0 Å². The molecule has 1 aliphatic carbocycles. The second-order valence-electron chi connectivity index (χ2n) is 8.97. The first-order chi connectivity index (χ1) is 12.1. The lowest BCUT2D eigenvalue weighted by molar-refractivity contribution is -0.114. The van der Waals surface area contributed by atoms with Crippen LogP contribution in [0.2, 0.25) is 0 Å². The number of nitrogens with one attached hydrogen (secondary N) is 1. The Balaban J connectivity index is 2.08. The first kappa shape index (κ1) is 18.4. The molecule has 3 rings (SSSR count). The summed E-state index contributed by atoms with van der Waals surface area (Å²) in [6.45, 7) is 12.9. The monoisotopic (exact) mass is 347 g/mol. The second kappa shape index (κ2) is 6.42. The minimum atomic E-state index is -0.0345. The Bertz CT molecular complexity index is 864. The van der Waals surface area contributed by atoms with Crippen molar-refractivity contribution in [2.24, 2.45) is 5.41 Å². The topological polar surface area (TPSA) is 29.1 Å². The van der Waals surface area contributed by atoms with E-state index in [-0.39, 0.29) is 16.7 Å². The summed E-state index contributed by atoms with van der Waals surface area (Å²) in [4.78, 5) is 11.6. The van der Waals surface area contributed by atoms with Crippen LogP contribution in [-0.4, -0.2) is 5.91 Å². The molecule has 1 amide bonds. The number of anilines is 1. The van der Waals surface area contributed by atoms with Gasteiger partial charge in [0.2, 0.25) is 5.91 Å². The summed E-state index contributed by atoms with van der Waals surface area (Å²) in [5.41, 5.74) is 7.68. The molecule has 0 spiro atoms. The van der Waals surface area contributed by atoms with E-state index in [2.05, 4.69) is 70.3 Å². The van der Waals surface area contributed by atoms with Crippen LogP contribution in [0.25, 0.3) is 11.1 Å². The van der Waals surface area contributed by atoms with Crippen LogP contribution in [0.15, 0.2) is 48.5 Å². The van der Waals surface area contributed by atoms with Crippen LogP contribution in [0.3, 0.4) is 0 Å². The van der Waals surface area contributed by atoms with E-state index in [9.17, 15) is 4.79 Å². The lowest BCUT2D eigenvalue weighted by Crippen LogP contribution is -2.26. The number of para-hydroxylation sites is 1. The molecule has 0 unspecified atom stereocenters. The molecule has 2 heteroatoms. The van der Waals surface area contributed by atoms with E-state index >= 15 is 0 Å². The molecule has 1 N–H and O–H groups in total. The fourth-order valence-electron chi connectivity index (χ4n) is 3.90. The van der Waals surface area contributed by atoms with Gasteiger partial charge in [-0.05, 0) is 45.6 Å². The molecule has 0 atom stereocenters. The Morgan fingerprint density at radius 3 is 2.15 bits per heavy atom. The van der Waals surface area contributed by atoms with Crippen LogP contribution in [0.4, 0.5) is 5.69 Å². The molecule has 26 heavy (non-hydrogen) atoms. The van der Waals surface area contributed by atoms with Gasteiger partial charge in [0.1, 0.15) is 0 Å². The molecule has 2 aromatic carbocycles. The van der Waals surface area contributed by atoms with Gasteiger partial charge in [-0.1, -0.05) is 77.1 Å². The Labute approximate surface area is 157 Å². The lowest BCUT2D eigenvalue weighted by Gasteiger charge is -2.42. The van der Waals surface area contributed by atoms with Gasteiger partial charge in [0.15, 0.2) is 0 Å². The third kappa shape index (κ3) is 3.46. The first-order valence-electron chi connectivity index (χ1n) is 9.31. The molecule has 2 nitrogen and oxygen atoms in total. The van der Waals surface area contributed by atoms with E-state index in [0.29, 0.717) is 0 Å². The summed E-state index contributed by atoms with van der Waals surface area (Å²) in [7, 11) is 0. The predicted octanol–water partition coefficient (Wildman–Crippen LogP) is 6.28. The fourth-order valence-corrected chi connectivity index (χ4v) is 3.90. The first-order valence-corrected chi connectivity index (χ1v) is 9.31. The van der Waals surface area contributed by atoms with Crippen LogP contribution in [0.1, 0.15) is 64.7 Å². The van der Waals surface area contributed by atoms with E-state index < -0.39 is 0 Å². The molecule has 0 heterocycles. The smallest absolute Gasteiger partial charge is 0.221 e. The van der Waals surface area contributed by atoms with Gasteiger partial charge in [-0.15, -0.1) is 0 Å². The van der Waals surface area contributed by atoms with Crippen molar-refractivity contribution in [3.63, 3.8) is 0 Å². The van der Waals surface area contributed by atoms with E-state index in [1.807, 2.05) is 18.2 Å². The van der Waals surface area contributed by atoms with Crippen LogP contribution < -0.4 is 5.32 Å². The molecule has 2 aromatic rings. The van der Waals surface area contributed by atoms with E-state index in [0.717, 1.165) is 17.7 Å². The highest BCUT2D eigenvalue weighted by atomic mass is 16.1. The Kier molecular flexibility index (Phi) is 4.56. The third-order valence-electron chi connectivity index (χ3n) is 5.20. The normalized spacial score (nSPS) is 16.2. The summed E-state index contributed by atoms with van der Waals surface area (Å²) < 4.78 is 0. The molecule has 136 valence electrons. The number of carbonyl (C=O) groups is 1. The van der Waals surface area contributed by atoms with Crippen LogP contribution in [-0.2, 0) is 10.2 Å². The fraction of sp³-hybridized carbons (Fsp3) is 0.375. The predicted molar refractivity (Wildman–Crippen MR) is 111 cm³/mol. The molecule has 0 bridgehead atoms. The second-order valence-corrected chi connectivity index (χ2v) is 8.97. The number of benzene rings is 2. The third-order valence-corrected chi connectivity index (χ3v) is 5.20. The summed E-state index contributed by atoms with van der Waals surface area (Å²) in [5.74, 6) is -0.0345. The van der Waals surface area contributed by atoms with Crippen LogP contribution in [0, 0.1) is 5.41 Å². The van der Waals surface area contributed by atoms with Gasteiger partial charge < -0.3 is 5.32 Å². The molecule has 0 saturated carbocycles. The summed E-state index contributed by atoms with van der Waals surface area (Å²) in [6.07, 6.45) is 1.01. The zero-order chi connectivity index (χ0) is 19.1. The number of carbonyl (C=O) groups excluding carboxylic acids is 1. The highest BCUT2D eigenvalue weighted by Gasteiger charge is 2.38. The Hall–Kier alpha value is -2.35. The van der Waals surface area contributed by atoms with Gasteiger partial charge in [0, 0.05) is 18.2 Å². The molecule has 1 aliphatic rings. The summed E-state index contributed by atoms with van der Waals surface area (Å²) in [5, 5.41) is 2.98. The van der Waals surface area contributed by atoms with E-state index in [1.165, 1.54) is 22.3 Å². The maximum absolute atomic E-state index is 11.6. The van der Waals surface area contributed by atoms with Gasteiger partial charge in [0.25, 0.3) is 0 Å². The zero-order valence-electron chi connectivity index (χ0n) is 16.7. The molecule has 0 aliphatic heterocycles. The summed E-state index contributed by atoms with van der Waals surface area (Å²) >= 11 is 0. The lowest BCUT2D eigenvalue weighted by atomic mass is 9.62. The number of allylic oxidation sites excluding steroid dienone is 2. The van der Waals surface area contributed by atoms with Crippen LogP contribution in [0.5, 0.6) is 0 Å². The average Bonchev–Trinajstić information content (AvgIpc) is 2.52. The maximum atomic E-state index is 11.6. The number of amides is 1. The van der Waals surface area contributed by atoms with Gasteiger partial charge >= 0.3 is 0 Å². The maximum Gasteiger partial charge on any atom is 0.221 e. The van der Waals surface area contributed by atoms with Gasteiger partial charge in [-0.2, -0.15) is 0 Å². The number of hydrogen-bond acceptors (Lipinski definition) is 1. The van der Waals surface area contributed by atoms with E-state index in [1.54, 1.807) is 6.92 Å². The van der Waals surface area contributed by atoms with Gasteiger partial charge in [0.05, 0.1) is 0 Å². The van der Waals surface area contributed by atoms with Crippen molar-refractivity contribution < 1.29 is 4.79 Å². The molecule has 0 fully saturated rings. The molecule has 0 saturated heterocycles. The van der Waals surface area contributed by atoms with E-state index in [4.69, 9.17) is 0 Å². The average molecular weight is 348 g/mol. The number of rotatable bonds is 3. The van der Waals surface area contributed by atoms with Gasteiger partial charge in [-0.25, -0.2) is 0 Å². The highest BCUT2D eigenvalue weighted by molar-refractivity contribution is 6.04. The minimum absolute atomic E-state index is 0.0345.